The Morgan fingerprint density at radius 1 is 0.818 bits per heavy atom. The lowest BCUT2D eigenvalue weighted by atomic mass is 11.6. The van der Waals surface area contributed by atoms with Gasteiger partial charge >= 0.3 is 0 Å². The molecule has 0 aliphatic heterocycles. The molecule has 0 aromatic heterocycles. The second-order valence-electron chi connectivity index (χ2n) is 1.89. The van der Waals surface area contributed by atoms with Gasteiger partial charge in [-0.25, -0.2) is 0 Å². The van der Waals surface area contributed by atoms with E-state index in [0.29, 0.717) is 0 Å². The molecule has 0 atom stereocenters. The minimum Gasteiger partial charge on any atom is -0.617 e. The molecule has 0 rings (SSSR count). The van der Waals surface area contributed by atoms with Crippen molar-refractivity contribution in [3.63, 3.8) is 0 Å². The molecule has 0 aromatic rings. The fourth-order valence-corrected chi connectivity index (χ4v) is 0. The van der Waals surface area contributed by atoms with Gasteiger partial charge in [0.15, 0.2) is 0 Å². The molecule has 0 saturated heterocycles. The molecule has 0 radical (unpaired) electrons. The van der Waals surface area contributed by atoms with Gasteiger partial charge in [-0.2, -0.15) is 0 Å². The van der Waals surface area contributed by atoms with Crippen LogP contribution in [0, 0.1) is 0 Å². The van der Waals surface area contributed by atoms with Gasteiger partial charge in [0.1, 0.15) is 0 Å². The molecule has 3 nitrogen and oxygen atoms in total. The average molecular weight is 202 g/mol. The van der Waals surface area contributed by atoms with Crippen molar-refractivity contribution in [2.75, 3.05) is 39.2 Å². The highest BCUT2D eigenvalue weighted by atomic mass is 32.2. The number of hydrogen-bond acceptors (Lipinski definition) is 3. The monoisotopic (exact) mass is 202 g/mol. The summed E-state index contributed by atoms with van der Waals surface area (Å²) in [4.78, 5) is 0. The molecular weight excluding hydrogens is 184 g/mol. The summed E-state index contributed by atoms with van der Waals surface area (Å²) >= 11 is -1.22. The molecule has 11 heavy (non-hydrogen) atoms. The summed E-state index contributed by atoms with van der Waals surface area (Å²) in [6.07, 6.45) is 6.56. The van der Waals surface area contributed by atoms with Crippen molar-refractivity contribution in [1.82, 2.24) is 0 Å². The largest absolute Gasteiger partial charge is 0.617 e. The van der Waals surface area contributed by atoms with Crippen LogP contribution >= 0.6 is 0 Å². The van der Waals surface area contributed by atoms with E-state index < -0.39 is 22.4 Å². The summed E-state index contributed by atoms with van der Waals surface area (Å²) in [5.74, 6) is 0. The third-order valence-corrected chi connectivity index (χ3v) is 0. The van der Waals surface area contributed by atoms with E-state index in [1.165, 1.54) is 0 Å². The molecule has 5 heteroatoms. The summed E-state index contributed by atoms with van der Waals surface area (Å²) in [7, 11) is 3.25. The van der Waals surface area contributed by atoms with Crippen LogP contribution in [0.1, 0.15) is 0 Å². The second-order valence-corrected chi connectivity index (χ2v) is 4.86. The van der Waals surface area contributed by atoms with Crippen molar-refractivity contribution in [3.05, 3.63) is 0 Å². The first-order valence-electron chi connectivity index (χ1n) is 2.78. The maximum atomic E-state index is 9.56. The number of rotatable bonds is 0. The molecule has 0 spiro atoms. The summed E-state index contributed by atoms with van der Waals surface area (Å²) in [5, 5.41) is 0. The highest BCUT2D eigenvalue weighted by molar-refractivity contribution is 7.90. The van der Waals surface area contributed by atoms with Crippen LogP contribution in [-0.4, -0.2) is 48.3 Å². The van der Waals surface area contributed by atoms with Crippen molar-refractivity contribution in [2.24, 2.45) is 0 Å². The second kappa shape index (κ2) is 16.9. The number of hydrogen-bond donors (Lipinski definition) is 0. The van der Waals surface area contributed by atoms with Gasteiger partial charge in [0.2, 0.25) is 0 Å². The quantitative estimate of drug-likeness (QED) is 0.529. The van der Waals surface area contributed by atoms with E-state index in [4.69, 9.17) is 0 Å². The zero-order chi connectivity index (χ0) is 9.86. The van der Waals surface area contributed by atoms with Gasteiger partial charge in [-0.05, 0) is 0 Å². The lowest BCUT2D eigenvalue weighted by Gasteiger charge is -1.87. The molecule has 0 aliphatic rings. The highest BCUT2D eigenvalue weighted by Crippen LogP contribution is 1.62. The van der Waals surface area contributed by atoms with Crippen LogP contribution in [-0.2, 0) is 27.1 Å². The maximum absolute atomic E-state index is 9.56. The van der Waals surface area contributed by atoms with Crippen molar-refractivity contribution >= 4 is 22.4 Å². The summed E-state index contributed by atoms with van der Waals surface area (Å²) < 4.78 is 23.4. The van der Waals surface area contributed by atoms with Crippen molar-refractivity contribution < 1.29 is 13.8 Å². The summed E-state index contributed by atoms with van der Waals surface area (Å²) in [6, 6.07) is 0. The van der Waals surface area contributed by atoms with Crippen LogP contribution in [0.15, 0.2) is 0 Å². The van der Waals surface area contributed by atoms with Crippen LogP contribution in [0.4, 0.5) is 0 Å². The summed E-state index contributed by atoms with van der Waals surface area (Å²) in [6.45, 7) is 0. The van der Waals surface area contributed by atoms with Gasteiger partial charge in [0.05, 0.1) is 25.0 Å². The third kappa shape index (κ3) is 2320. The van der Waals surface area contributed by atoms with Crippen molar-refractivity contribution in [1.29, 1.82) is 0 Å². The van der Waals surface area contributed by atoms with Gasteiger partial charge in [0.25, 0.3) is 0 Å². The molecule has 0 amide bonds. The van der Waals surface area contributed by atoms with Crippen molar-refractivity contribution in [3.8, 4) is 0 Å². The lowest BCUT2D eigenvalue weighted by molar-refractivity contribution is 0.277. The normalized spacial score (nSPS) is 8.18. The minimum atomic E-state index is -0.611. The van der Waals surface area contributed by atoms with E-state index >= 15 is 0 Å². The molecule has 72 valence electrons. The van der Waals surface area contributed by atoms with Crippen LogP contribution in [0.5, 0.6) is 0 Å². The zero-order valence-corrected chi connectivity index (χ0v) is 9.67. The molecule has 0 N–H and O–H groups in total. The Hall–Kier alpha value is 0.580. The Morgan fingerprint density at radius 2 is 0.818 bits per heavy atom. The Morgan fingerprint density at radius 3 is 0.818 bits per heavy atom. The molecule has 0 fully saturated rings. The van der Waals surface area contributed by atoms with E-state index in [1.54, 1.807) is 39.2 Å². The smallest absolute Gasteiger partial charge is 0.0946 e. The minimum absolute atomic E-state index is 0.611. The SMILES string of the molecule is COC.C[S+](C)[O-].C[S+](C)[O-]. The fraction of sp³-hybridized carbons (Fsp3) is 1.00. The van der Waals surface area contributed by atoms with Gasteiger partial charge in [-0.15, -0.1) is 0 Å². The van der Waals surface area contributed by atoms with E-state index in [-0.39, 0.29) is 0 Å². The van der Waals surface area contributed by atoms with Crippen LogP contribution < -0.4 is 0 Å². The fourth-order valence-electron chi connectivity index (χ4n) is 0. The first-order chi connectivity index (χ1) is 4.88. The van der Waals surface area contributed by atoms with E-state index in [2.05, 4.69) is 4.74 Å². The van der Waals surface area contributed by atoms with Crippen LogP contribution in [0.25, 0.3) is 0 Å². The maximum Gasteiger partial charge on any atom is 0.0946 e. The molecule has 0 unspecified atom stereocenters. The molecule has 0 aromatic carbocycles. The van der Waals surface area contributed by atoms with Crippen LogP contribution in [0.3, 0.4) is 0 Å². The molecule has 0 bridgehead atoms. The predicted molar refractivity (Wildman–Crippen MR) is 52.9 cm³/mol. The first kappa shape index (κ1) is 17.6. The number of ether oxygens (including phenoxy) is 1. The topological polar surface area (TPSA) is 55.3 Å². The van der Waals surface area contributed by atoms with E-state index in [9.17, 15) is 9.11 Å². The van der Waals surface area contributed by atoms with Gasteiger partial charge < -0.3 is 13.8 Å². The molecule has 0 aliphatic carbocycles. The third-order valence-electron chi connectivity index (χ3n) is 0. The van der Waals surface area contributed by atoms with Crippen LogP contribution in [0.2, 0.25) is 0 Å². The molecular formula is C6H18O3S2. The molecule has 0 saturated carbocycles. The zero-order valence-electron chi connectivity index (χ0n) is 8.04. The standard InChI is InChI=1S/2C2H6OS.C2H6O/c2*1-4(2)3;1-3-2/h2*1-2H3;1-2H3. The average Bonchev–Trinajstić information content (AvgIpc) is 1.60. The van der Waals surface area contributed by atoms with Gasteiger partial charge in [0, 0.05) is 14.2 Å². The lowest BCUT2D eigenvalue weighted by Crippen LogP contribution is -1.86. The van der Waals surface area contributed by atoms with Gasteiger partial charge in [-0.1, -0.05) is 22.4 Å². The van der Waals surface area contributed by atoms with Crippen molar-refractivity contribution in [2.45, 2.75) is 0 Å². The number of methoxy groups -OCH3 is 1. The first-order valence-corrected chi connectivity index (χ1v) is 6.72. The summed E-state index contributed by atoms with van der Waals surface area (Å²) in [5.41, 5.74) is 0. The molecule has 0 heterocycles. The Bertz CT molecular complexity index is 39.6. The van der Waals surface area contributed by atoms with Gasteiger partial charge in [-0.3, -0.25) is 0 Å². The van der Waals surface area contributed by atoms with E-state index in [1.807, 2.05) is 0 Å². The Kier molecular flexibility index (Phi) is 27.1. The predicted octanol–water partition coefficient (Wildman–Crippen LogP) is 0.252. The van der Waals surface area contributed by atoms with E-state index in [0.717, 1.165) is 0 Å². The highest BCUT2D eigenvalue weighted by Gasteiger charge is 1.66. The Balaban J connectivity index is -0.0000000886. The Labute approximate surface area is 75.9 Å².